The minimum Gasteiger partial charge on any atom is -0.497 e. The summed E-state index contributed by atoms with van der Waals surface area (Å²) in [5, 5.41) is 4.91. The molecular weight excluding hydrogens is 414 g/mol. The number of aryl methyl sites for hydroxylation is 1. The number of para-hydroxylation sites is 1. The summed E-state index contributed by atoms with van der Waals surface area (Å²) in [4.78, 5) is 15.1. The van der Waals surface area contributed by atoms with Gasteiger partial charge in [0.05, 0.1) is 30.6 Å². The zero-order valence-electron chi connectivity index (χ0n) is 20.0. The molecule has 1 aliphatic rings. The van der Waals surface area contributed by atoms with Crippen molar-refractivity contribution in [2.24, 2.45) is 11.8 Å². The second kappa shape index (κ2) is 10.1. The SMILES string of the molecule is CCc1nn(-c2ccccc2)c(Oc2cccc(OC)c2)c1CN(CC1CC1)C(=O)C(C)C. The number of benzene rings is 2. The van der Waals surface area contributed by atoms with Crippen molar-refractivity contribution in [1.82, 2.24) is 14.7 Å². The molecular formula is C27H33N3O3. The summed E-state index contributed by atoms with van der Waals surface area (Å²) in [5.74, 6) is 2.75. The van der Waals surface area contributed by atoms with E-state index in [4.69, 9.17) is 14.6 Å². The molecule has 0 N–H and O–H groups in total. The Kier molecular flexibility index (Phi) is 7.02. The number of hydrogen-bond acceptors (Lipinski definition) is 4. The second-order valence-corrected chi connectivity index (χ2v) is 8.93. The van der Waals surface area contributed by atoms with Gasteiger partial charge in [0.15, 0.2) is 0 Å². The molecule has 0 atom stereocenters. The van der Waals surface area contributed by atoms with E-state index in [1.54, 1.807) is 7.11 Å². The van der Waals surface area contributed by atoms with Crippen LogP contribution in [0.4, 0.5) is 0 Å². The molecule has 1 heterocycles. The highest BCUT2D eigenvalue weighted by molar-refractivity contribution is 5.78. The second-order valence-electron chi connectivity index (χ2n) is 8.93. The van der Waals surface area contributed by atoms with E-state index in [9.17, 15) is 4.79 Å². The van der Waals surface area contributed by atoms with E-state index in [0.717, 1.165) is 35.7 Å². The fourth-order valence-electron chi connectivity index (χ4n) is 3.95. The molecule has 1 aromatic heterocycles. The van der Waals surface area contributed by atoms with Gasteiger partial charge >= 0.3 is 0 Å². The van der Waals surface area contributed by atoms with Crippen molar-refractivity contribution in [1.29, 1.82) is 0 Å². The molecule has 0 spiro atoms. The van der Waals surface area contributed by atoms with Gasteiger partial charge in [-0.15, -0.1) is 0 Å². The third-order valence-electron chi connectivity index (χ3n) is 5.94. The first-order valence-electron chi connectivity index (χ1n) is 11.8. The molecule has 0 radical (unpaired) electrons. The van der Waals surface area contributed by atoms with E-state index in [1.807, 2.05) is 78.0 Å². The third-order valence-corrected chi connectivity index (χ3v) is 5.94. The first kappa shape index (κ1) is 22.9. The summed E-state index contributed by atoms with van der Waals surface area (Å²) in [6, 6.07) is 17.5. The Balaban J connectivity index is 1.78. The van der Waals surface area contributed by atoms with Gasteiger partial charge in [0.1, 0.15) is 11.5 Å². The number of aromatic nitrogens is 2. The molecule has 0 saturated heterocycles. The van der Waals surface area contributed by atoms with Crippen LogP contribution in [0.25, 0.3) is 5.69 Å². The van der Waals surface area contributed by atoms with Crippen molar-refractivity contribution in [2.75, 3.05) is 13.7 Å². The van der Waals surface area contributed by atoms with Gasteiger partial charge in [0.2, 0.25) is 11.8 Å². The maximum atomic E-state index is 13.1. The Bertz CT molecular complexity index is 1090. The van der Waals surface area contributed by atoms with E-state index in [-0.39, 0.29) is 11.8 Å². The van der Waals surface area contributed by atoms with Crippen LogP contribution in [0.3, 0.4) is 0 Å². The lowest BCUT2D eigenvalue weighted by Gasteiger charge is -2.25. The molecule has 33 heavy (non-hydrogen) atoms. The monoisotopic (exact) mass is 447 g/mol. The Morgan fingerprint density at radius 2 is 1.85 bits per heavy atom. The van der Waals surface area contributed by atoms with Crippen LogP contribution in [0.2, 0.25) is 0 Å². The first-order chi connectivity index (χ1) is 16.0. The van der Waals surface area contributed by atoms with Crippen LogP contribution in [0.5, 0.6) is 17.4 Å². The van der Waals surface area contributed by atoms with Gasteiger partial charge in [-0.2, -0.15) is 5.10 Å². The van der Waals surface area contributed by atoms with E-state index in [0.29, 0.717) is 24.1 Å². The Morgan fingerprint density at radius 3 is 2.48 bits per heavy atom. The van der Waals surface area contributed by atoms with E-state index < -0.39 is 0 Å². The van der Waals surface area contributed by atoms with Gasteiger partial charge < -0.3 is 14.4 Å². The number of ether oxygens (including phenoxy) is 2. The number of nitrogens with zero attached hydrogens (tertiary/aromatic N) is 3. The van der Waals surface area contributed by atoms with Gasteiger partial charge in [0, 0.05) is 18.5 Å². The Morgan fingerprint density at radius 1 is 1.12 bits per heavy atom. The molecule has 3 aromatic rings. The molecule has 174 valence electrons. The summed E-state index contributed by atoms with van der Waals surface area (Å²) in [5.41, 5.74) is 2.81. The fourth-order valence-corrected chi connectivity index (χ4v) is 3.95. The minimum atomic E-state index is -0.0549. The standard InChI is InChI=1S/C27H33N3O3/c1-5-25-24(18-29(17-20-14-15-20)26(31)19(2)3)27(30(28-25)21-10-7-6-8-11-21)33-23-13-9-12-22(16-23)32-4/h6-13,16,19-20H,5,14-15,17-18H2,1-4H3. The van der Waals surface area contributed by atoms with Gasteiger partial charge in [0.25, 0.3) is 0 Å². The smallest absolute Gasteiger partial charge is 0.227 e. The van der Waals surface area contributed by atoms with Gasteiger partial charge in [-0.05, 0) is 49.4 Å². The maximum Gasteiger partial charge on any atom is 0.227 e. The lowest BCUT2D eigenvalue weighted by atomic mass is 10.1. The largest absolute Gasteiger partial charge is 0.497 e. The molecule has 6 heteroatoms. The average molecular weight is 448 g/mol. The van der Waals surface area contributed by atoms with Crippen molar-refractivity contribution < 1.29 is 14.3 Å². The Hall–Kier alpha value is -3.28. The molecule has 0 unspecified atom stereocenters. The van der Waals surface area contributed by atoms with Crippen LogP contribution >= 0.6 is 0 Å². The lowest BCUT2D eigenvalue weighted by Crippen LogP contribution is -2.35. The van der Waals surface area contributed by atoms with Crippen molar-refractivity contribution in [3.63, 3.8) is 0 Å². The average Bonchev–Trinajstić information content (AvgIpc) is 3.60. The zero-order chi connectivity index (χ0) is 23.4. The van der Waals surface area contributed by atoms with Crippen molar-refractivity contribution in [3.8, 4) is 23.1 Å². The normalized spacial score (nSPS) is 13.2. The molecule has 1 fully saturated rings. The maximum absolute atomic E-state index is 13.1. The lowest BCUT2D eigenvalue weighted by molar-refractivity contribution is -0.135. The van der Waals surface area contributed by atoms with E-state index >= 15 is 0 Å². The number of carbonyl (C=O) groups excluding carboxylic acids is 1. The van der Waals surface area contributed by atoms with Crippen LogP contribution in [-0.2, 0) is 17.8 Å². The molecule has 2 aromatic carbocycles. The number of rotatable bonds is 10. The summed E-state index contributed by atoms with van der Waals surface area (Å²) in [7, 11) is 1.64. The molecule has 0 bridgehead atoms. The van der Waals surface area contributed by atoms with Crippen LogP contribution in [0.1, 0.15) is 44.9 Å². The summed E-state index contributed by atoms with van der Waals surface area (Å²) in [6.07, 6.45) is 3.13. The van der Waals surface area contributed by atoms with Crippen molar-refractivity contribution >= 4 is 5.91 Å². The molecule has 6 nitrogen and oxygen atoms in total. The van der Waals surface area contributed by atoms with Gasteiger partial charge in [-0.25, -0.2) is 4.68 Å². The number of hydrogen-bond donors (Lipinski definition) is 0. The first-order valence-corrected chi connectivity index (χ1v) is 11.8. The molecule has 1 saturated carbocycles. The topological polar surface area (TPSA) is 56.6 Å². The molecule has 1 amide bonds. The third kappa shape index (κ3) is 5.38. The number of methoxy groups -OCH3 is 1. The van der Waals surface area contributed by atoms with Crippen LogP contribution in [0, 0.1) is 11.8 Å². The predicted octanol–water partition coefficient (Wildman–Crippen LogP) is 5.63. The van der Waals surface area contributed by atoms with Gasteiger partial charge in [-0.1, -0.05) is 45.0 Å². The zero-order valence-corrected chi connectivity index (χ0v) is 20.0. The highest BCUT2D eigenvalue weighted by Gasteiger charge is 2.30. The quantitative estimate of drug-likeness (QED) is 0.404. The van der Waals surface area contributed by atoms with Crippen LogP contribution in [0.15, 0.2) is 54.6 Å². The fraction of sp³-hybridized carbons (Fsp3) is 0.407. The number of amides is 1. The van der Waals surface area contributed by atoms with Crippen LogP contribution in [-0.4, -0.2) is 34.2 Å². The summed E-state index contributed by atoms with van der Waals surface area (Å²) >= 11 is 0. The highest BCUT2D eigenvalue weighted by atomic mass is 16.5. The van der Waals surface area contributed by atoms with Crippen molar-refractivity contribution in [3.05, 3.63) is 65.9 Å². The van der Waals surface area contributed by atoms with Crippen molar-refractivity contribution in [2.45, 2.75) is 46.6 Å². The predicted molar refractivity (Wildman–Crippen MR) is 129 cm³/mol. The highest BCUT2D eigenvalue weighted by Crippen LogP contribution is 2.35. The minimum absolute atomic E-state index is 0.0549. The molecule has 4 rings (SSSR count). The molecule has 1 aliphatic carbocycles. The molecule has 0 aliphatic heterocycles. The Labute approximate surface area is 196 Å². The summed E-state index contributed by atoms with van der Waals surface area (Å²) in [6.45, 7) is 7.29. The van der Waals surface area contributed by atoms with Gasteiger partial charge in [-0.3, -0.25) is 4.79 Å². The summed E-state index contributed by atoms with van der Waals surface area (Å²) < 4.78 is 13.7. The van der Waals surface area contributed by atoms with Crippen LogP contribution < -0.4 is 9.47 Å². The van der Waals surface area contributed by atoms with E-state index in [1.165, 1.54) is 12.8 Å². The number of carbonyl (C=O) groups is 1. The van der Waals surface area contributed by atoms with E-state index in [2.05, 4.69) is 6.92 Å².